The first-order chi connectivity index (χ1) is 17.1. The van der Waals surface area contributed by atoms with Crippen molar-refractivity contribution < 1.29 is 27.4 Å². The molecule has 4 heterocycles. The lowest BCUT2D eigenvalue weighted by Gasteiger charge is -2.21. The summed E-state index contributed by atoms with van der Waals surface area (Å²) >= 11 is 0. The first-order valence-electron chi connectivity index (χ1n) is 11.3. The minimum atomic E-state index is -4.06. The van der Waals surface area contributed by atoms with Gasteiger partial charge in [-0.15, -0.1) is 0 Å². The number of nitrogens with zero attached hydrogens (tertiary/aromatic N) is 4. The summed E-state index contributed by atoms with van der Waals surface area (Å²) in [6.45, 7) is 2.39. The number of sulfone groups is 1. The van der Waals surface area contributed by atoms with Gasteiger partial charge < -0.3 is 18.9 Å². The Balaban J connectivity index is 1.57. The third-order valence-electron chi connectivity index (χ3n) is 6.15. The summed E-state index contributed by atoms with van der Waals surface area (Å²) < 4.78 is 50.9. The number of hydrogen-bond donors (Lipinski definition) is 0. The highest BCUT2D eigenvalue weighted by molar-refractivity contribution is 7.91. The minimum Gasteiger partial charge on any atom is -0.481 e. The molecule has 0 spiro atoms. The monoisotopic (exact) mass is 494 g/mol. The molecule has 35 heavy (non-hydrogen) atoms. The van der Waals surface area contributed by atoms with Crippen LogP contribution in [0.5, 0.6) is 0 Å². The number of rotatable bonds is 6. The molecule has 180 valence electrons. The lowest BCUT2D eigenvalue weighted by Crippen LogP contribution is -2.18. The van der Waals surface area contributed by atoms with Crippen LogP contribution < -0.4 is 0 Å². The van der Waals surface area contributed by atoms with Crippen molar-refractivity contribution >= 4 is 34.4 Å². The molecule has 4 aliphatic heterocycles. The van der Waals surface area contributed by atoms with Crippen molar-refractivity contribution in [1.29, 1.82) is 0 Å². The zero-order valence-corrected chi connectivity index (χ0v) is 19.5. The van der Waals surface area contributed by atoms with E-state index < -0.39 is 21.9 Å². The normalized spacial score (nSPS) is 22.9. The first-order valence-corrected chi connectivity index (χ1v) is 12.8. The van der Waals surface area contributed by atoms with Crippen LogP contribution in [-0.4, -0.2) is 72.5 Å². The fraction of sp³-hybridized carbons (Fsp3) is 0.333. The van der Waals surface area contributed by atoms with E-state index in [-0.39, 0.29) is 23.0 Å². The SMILES string of the molecule is O=S(=O)(c1cccc(C2=NCCO2)c1C1COC=N1)c1cccc(C2=NCCO2)c1C1COC=N1. The average Bonchev–Trinajstić information content (AvgIpc) is 3.71. The lowest BCUT2D eigenvalue weighted by molar-refractivity contribution is 0.327. The average molecular weight is 495 g/mol. The van der Waals surface area contributed by atoms with E-state index in [1.807, 2.05) is 0 Å². The fourth-order valence-corrected chi connectivity index (χ4v) is 6.46. The summed E-state index contributed by atoms with van der Waals surface area (Å²) in [5.74, 6) is 0.825. The van der Waals surface area contributed by atoms with Crippen molar-refractivity contribution in [3.8, 4) is 0 Å². The van der Waals surface area contributed by atoms with Crippen molar-refractivity contribution in [2.75, 3.05) is 39.5 Å². The molecule has 0 radical (unpaired) electrons. The maximum atomic E-state index is 14.4. The molecule has 0 bridgehead atoms. The molecule has 10 nitrogen and oxygen atoms in total. The predicted molar refractivity (Wildman–Crippen MR) is 127 cm³/mol. The van der Waals surface area contributed by atoms with E-state index >= 15 is 0 Å². The Labute approximate surface area is 202 Å². The van der Waals surface area contributed by atoms with Crippen LogP contribution in [-0.2, 0) is 28.8 Å². The van der Waals surface area contributed by atoms with Gasteiger partial charge in [0.2, 0.25) is 21.6 Å². The van der Waals surface area contributed by atoms with Crippen LogP contribution in [0.1, 0.15) is 34.3 Å². The molecular formula is C24H22N4O6S. The summed E-state index contributed by atoms with van der Waals surface area (Å²) in [7, 11) is -4.06. The molecule has 0 amide bonds. The van der Waals surface area contributed by atoms with Gasteiger partial charge in [0.25, 0.3) is 0 Å². The van der Waals surface area contributed by atoms with E-state index in [0.29, 0.717) is 60.4 Å². The molecule has 4 aliphatic rings. The van der Waals surface area contributed by atoms with Gasteiger partial charge in [0, 0.05) is 22.3 Å². The molecule has 2 atom stereocenters. The highest BCUT2D eigenvalue weighted by atomic mass is 32.2. The molecule has 6 rings (SSSR count). The molecule has 0 N–H and O–H groups in total. The van der Waals surface area contributed by atoms with Gasteiger partial charge in [-0.3, -0.25) is 0 Å². The molecule has 0 fully saturated rings. The molecule has 0 aliphatic carbocycles. The molecule has 0 saturated carbocycles. The highest BCUT2D eigenvalue weighted by Gasteiger charge is 2.36. The second-order valence-electron chi connectivity index (χ2n) is 8.22. The Morgan fingerprint density at radius 2 is 1.20 bits per heavy atom. The minimum absolute atomic E-state index is 0.122. The Morgan fingerprint density at radius 1 is 0.714 bits per heavy atom. The van der Waals surface area contributed by atoms with E-state index in [4.69, 9.17) is 18.9 Å². The Morgan fingerprint density at radius 3 is 1.57 bits per heavy atom. The molecule has 2 unspecified atom stereocenters. The van der Waals surface area contributed by atoms with Crippen LogP contribution in [0.3, 0.4) is 0 Å². The van der Waals surface area contributed by atoms with Crippen LogP contribution in [0.2, 0.25) is 0 Å². The molecule has 2 aromatic rings. The summed E-state index contributed by atoms with van der Waals surface area (Å²) in [6, 6.07) is 9.16. The largest absolute Gasteiger partial charge is 0.481 e. The van der Waals surface area contributed by atoms with Crippen LogP contribution in [0.25, 0.3) is 0 Å². The van der Waals surface area contributed by atoms with E-state index in [1.165, 1.54) is 12.8 Å². The van der Waals surface area contributed by atoms with Gasteiger partial charge in [-0.05, 0) is 24.3 Å². The molecule has 11 heteroatoms. The van der Waals surface area contributed by atoms with Crippen LogP contribution in [0.15, 0.2) is 66.2 Å². The van der Waals surface area contributed by atoms with Crippen molar-refractivity contribution in [3.63, 3.8) is 0 Å². The Bertz CT molecular complexity index is 1300. The van der Waals surface area contributed by atoms with Crippen LogP contribution in [0.4, 0.5) is 0 Å². The van der Waals surface area contributed by atoms with Gasteiger partial charge in [0.1, 0.15) is 38.5 Å². The first kappa shape index (κ1) is 21.8. The van der Waals surface area contributed by atoms with E-state index in [1.54, 1.807) is 36.4 Å². The molecule has 2 aromatic carbocycles. The summed E-state index contributed by atoms with van der Waals surface area (Å²) in [6.07, 6.45) is 2.70. The maximum absolute atomic E-state index is 14.4. The second kappa shape index (κ2) is 8.81. The van der Waals surface area contributed by atoms with Crippen molar-refractivity contribution in [2.45, 2.75) is 21.9 Å². The summed E-state index contributed by atoms with van der Waals surface area (Å²) in [4.78, 5) is 17.8. The number of benzene rings is 2. The fourth-order valence-electron chi connectivity index (χ4n) is 4.63. The standard InChI is InChI=1S/C24H22N4O6S/c29-35(30,19-5-1-3-15(23-25-7-9-33-23)21(19)17-11-31-13-27-17)20-6-2-4-16(24-26-8-10-34-24)22(20)18-12-32-14-28-18/h1-6,13-14,17-18H,7-12H2. The van der Waals surface area contributed by atoms with Crippen LogP contribution >= 0.6 is 0 Å². The summed E-state index contributed by atoms with van der Waals surface area (Å²) in [5.41, 5.74) is 2.19. The van der Waals surface area contributed by atoms with Gasteiger partial charge in [0.15, 0.2) is 12.8 Å². The highest BCUT2D eigenvalue weighted by Crippen LogP contribution is 2.39. The van der Waals surface area contributed by atoms with E-state index in [0.717, 1.165) is 0 Å². The van der Waals surface area contributed by atoms with Crippen molar-refractivity contribution in [3.05, 3.63) is 58.7 Å². The van der Waals surface area contributed by atoms with E-state index in [2.05, 4.69) is 20.0 Å². The van der Waals surface area contributed by atoms with Crippen LogP contribution in [0, 0.1) is 0 Å². The number of hydrogen-bond acceptors (Lipinski definition) is 10. The number of ether oxygens (including phenoxy) is 4. The van der Waals surface area contributed by atoms with Gasteiger partial charge in [-0.2, -0.15) is 0 Å². The zero-order chi connectivity index (χ0) is 23.8. The summed E-state index contributed by atoms with van der Waals surface area (Å²) in [5, 5.41) is 0. The lowest BCUT2D eigenvalue weighted by atomic mass is 10.0. The van der Waals surface area contributed by atoms with Gasteiger partial charge in [-0.25, -0.2) is 28.4 Å². The second-order valence-corrected chi connectivity index (χ2v) is 10.1. The van der Waals surface area contributed by atoms with Crippen molar-refractivity contribution in [2.24, 2.45) is 20.0 Å². The van der Waals surface area contributed by atoms with Gasteiger partial charge in [-0.1, -0.05) is 12.1 Å². The predicted octanol–water partition coefficient (Wildman–Crippen LogP) is 2.27. The quantitative estimate of drug-likeness (QED) is 0.608. The molecule has 0 aromatic heterocycles. The van der Waals surface area contributed by atoms with Gasteiger partial charge in [0.05, 0.1) is 22.9 Å². The molecular weight excluding hydrogens is 472 g/mol. The van der Waals surface area contributed by atoms with E-state index in [9.17, 15) is 8.42 Å². The molecule has 0 saturated heterocycles. The maximum Gasteiger partial charge on any atom is 0.216 e. The third kappa shape index (κ3) is 3.75. The Kier molecular flexibility index (Phi) is 5.48. The Hall–Kier alpha value is -3.73. The number of aliphatic imine (C=N–C) groups is 4. The smallest absolute Gasteiger partial charge is 0.216 e. The van der Waals surface area contributed by atoms with Gasteiger partial charge >= 0.3 is 0 Å². The van der Waals surface area contributed by atoms with Crippen molar-refractivity contribution in [1.82, 2.24) is 0 Å². The topological polar surface area (TPSA) is 121 Å². The zero-order valence-electron chi connectivity index (χ0n) is 18.7. The third-order valence-corrected chi connectivity index (χ3v) is 8.02.